The zero-order chi connectivity index (χ0) is 22.4. The van der Waals surface area contributed by atoms with Crippen LogP contribution in [0.25, 0.3) is 0 Å². The largest absolute Gasteiger partial charge is 0.379 e. The van der Waals surface area contributed by atoms with Gasteiger partial charge >= 0.3 is 0 Å². The molecule has 2 N–H and O–H groups in total. The molecule has 0 spiro atoms. The Bertz CT molecular complexity index is 913. The van der Waals surface area contributed by atoms with E-state index in [0.717, 1.165) is 54.7 Å². The third-order valence-corrected chi connectivity index (χ3v) is 8.62. The van der Waals surface area contributed by atoms with Crippen LogP contribution in [-0.2, 0) is 9.53 Å². The molecule has 10 heteroatoms. The van der Waals surface area contributed by atoms with Crippen LogP contribution in [0.3, 0.4) is 0 Å². The van der Waals surface area contributed by atoms with E-state index < -0.39 is 0 Å². The molecule has 0 atom stereocenters. The minimum absolute atomic E-state index is 0.0447. The van der Waals surface area contributed by atoms with E-state index in [1.165, 1.54) is 42.4 Å². The number of halogens is 1. The highest BCUT2D eigenvalue weighted by Gasteiger charge is 2.38. The fourth-order valence-corrected chi connectivity index (χ4v) is 6.19. The number of nitrogens with zero attached hydrogens (tertiary/aromatic N) is 3. The molecule has 2 aliphatic rings. The summed E-state index contributed by atoms with van der Waals surface area (Å²) in [5, 5.41) is 16.2. The number of thioether (sulfide) groups is 1. The van der Waals surface area contributed by atoms with E-state index in [9.17, 15) is 4.79 Å². The molecule has 4 rings (SSSR count). The lowest BCUT2D eigenvalue weighted by Crippen LogP contribution is -2.59. The third kappa shape index (κ3) is 6.14. The summed E-state index contributed by atoms with van der Waals surface area (Å²) >= 11 is 9.04. The van der Waals surface area contributed by atoms with Crippen LogP contribution < -0.4 is 10.6 Å². The second-order valence-electron chi connectivity index (χ2n) is 8.41. The first-order valence-electron chi connectivity index (χ1n) is 11.1. The van der Waals surface area contributed by atoms with E-state index in [0.29, 0.717) is 22.5 Å². The van der Waals surface area contributed by atoms with Crippen molar-refractivity contribution >= 4 is 51.4 Å². The first kappa shape index (κ1) is 23.8. The second-order valence-corrected chi connectivity index (χ2v) is 11.0. The molecule has 0 unspecified atom stereocenters. The second kappa shape index (κ2) is 11.2. The number of aryl methyl sites for hydroxylation is 1. The first-order chi connectivity index (χ1) is 15.5. The maximum atomic E-state index is 12.6. The summed E-state index contributed by atoms with van der Waals surface area (Å²) in [6, 6.07) is 5.79. The number of rotatable bonds is 8. The molecule has 1 saturated carbocycles. The topological polar surface area (TPSA) is 79.4 Å². The summed E-state index contributed by atoms with van der Waals surface area (Å²) in [7, 11) is 0. The van der Waals surface area contributed by atoms with Gasteiger partial charge in [-0.1, -0.05) is 60.0 Å². The standard InChI is InChI=1S/C22H30ClN5O2S2/c1-16-5-6-17(13-18(16)23)25-20-26-27-21(32-20)31-14-19(29)24-15-22(7-3-2-4-8-22)28-9-11-30-12-10-28/h5-6,13H,2-4,7-12,14-15H2,1H3,(H,24,29)(H,25,26). The Kier molecular flexibility index (Phi) is 8.28. The summed E-state index contributed by atoms with van der Waals surface area (Å²) < 4.78 is 6.31. The monoisotopic (exact) mass is 495 g/mol. The maximum Gasteiger partial charge on any atom is 0.230 e. The van der Waals surface area contributed by atoms with Crippen LogP contribution in [0.4, 0.5) is 10.8 Å². The quantitative estimate of drug-likeness (QED) is 0.522. The van der Waals surface area contributed by atoms with Crippen molar-refractivity contribution in [3.05, 3.63) is 28.8 Å². The highest BCUT2D eigenvalue weighted by atomic mass is 35.5. The van der Waals surface area contributed by atoms with Crippen molar-refractivity contribution in [2.24, 2.45) is 0 Å². The van der Waals surface area contributed by atoms with Crippen LogP contribution in [0.2, 0.25) is 5.02 Å². The summed E-state index contributed by atoms with van der Waals surface area (Å²) in [4.78, 5) is 15.1. The number of benzene rings is 1. The van der Waals surface area contributed by atoms with Crippen LogP contribution in [-0.4, -0.2) is 65.1 Å². The smallest absolute Gasteiger partial charge is 0.230 e. The van der Waals surface area contributed by atoms with Gasteiger partial charge in [-0.3, -0.25) is 9.69 Å². The minimum Gasteiger partial charge on any atom is -0.379 e. The van der Waals surface area contributed by atoms with Gasteiger partial charge in [0.2, 0.25) is 11.0 Å². The Morgan fingerprint density at radius 1 is 1.25 bits per heavy atom. The highest BCUT2D eigenvalue weighted by Crippen LogP contribution is 2.34. The first-order valence-corrected chi connectivity index (χ1v) is 13.3. The molecule has 1 aromatic carbocycles. The van der Waals surface area contributed by atoms with Gasteiger partial charge < -0.3 is 15.4 Å². The Morgan fingerprint density at radius 2 is 2.03 bits per heavy atom. The van der Waals surface area contributed by atoms with E-state index in [1.54, 1.807) is 0 Å². The van der Waals surface area contributed by atoms with Gasteiger partial charge in [0.1, 0.15) is 0 Å². The number of morpholine rings is 1. The van der Waals surface area contributed by atoms with Crippen LogP contribution >= 0.6 is 34.7 Å². The molecule has 2 fully saturated rings. The zero-order valence-corrected chi connectivity index (χ0v) is 20.8. The molecule has 32 heavy (non-hydrogen) atoms. The molecule has 1 saturated heterocycles. The lowest BCUT2D eigenvalue weighted by Gasteiger charge is -2.48. The van der Waals surface area contributed by atoms with Gasteiger partial charge in [-0.2, -0.15) is 0 Å². The number of anilines is 2. The molecule has 1 aliphatic heterocycles. The summed E-state index contributed by atoms with van der Waals surface area (Å²) in [6.07, 6.45) is 6.05. The molecule has 1 aromatic heterocycles. The molecule has 2 heterocycles. The van der Waals surface area contributed by atoms with Crippen molar-refractivity contribution in [1.29, 1.82) is 0 Å². The average Bonchev–Trinajstić information content (AvgIpc) is 3.27. The predicted octanol–water partition coefficient (Wildman–Crippen LogP) is 4.49. The van der Waals surface area contributed by atoms with E-state index in [1.807, 2.05) is 25.1 Å². The summed E-state index contributed by atoms with van der Waals surface area (Å²) in [5.74, 6) is 0.382. The Balaban J connectivity index is 1.26. The Hall–Kier alpha value is -1.39. The van der Waals surface area contributed by atoms with Gasteiger partial charge in [0, 0.05) is 35.9 Å². The summed E-state index contributed by atoms with van der Waals surface area (Å²) in [6.45, 7) is 6.16. The van der Waals surface area contributed by atoms with Gasteiger partial charge in [0.15, 0.2) is 4.34 Å². The van der Waals surface area contributed by atoms with Crippen molar-refractivity contribution < 1.29 is 9.53 Å². The van der Waals surface area contributed by atoms with Gasteiger partial charge in [-0.15, -0.1) is 10.2 Å². The zero-order valence-electron chi connectivity index (χ0n) is 18.4. The van der Waals surface area contributed by atoms with Crippen LogP contribution in [0.1, 0.15) is 37.7 Å². The molecule has 2 aromatic rings. The van der Waals surface area contributed by atoms with Crippen molar-refractivity contribution in [2.45, 2.75) is 48.9 Å². The Labute approximate surface area is 202 Å². The molecule has 1 amide bonds. The molecule has 7 nitrogen and oxygen atoms in total. The highest BCUT2D eigenvalue weighted by molar-refractivity contribution is 8.01. The molecular weight excluding hydrogens is 466 g/mol. The molecule has 0 radical (unpaired) electrons. The van der Waals surface area contributed by atoms with Crippen molar-refractivity contribution in [1.82, 2.24) is 20.4 Å². The number of nitrogens with one attached hydrogen (secondary N) is 2. The lowest BCUT2D eigenvalue weighted by molar-refractivity contribution is -0.119. The molecule has 0 bridgehead atoms. The van der Waals surface area contributed by atoms with E-state index >= 15 is 0 Å². The van der Waals surface area contributed by atoms with Crippen LogP contribution in [0, 0.1) is 6.92 Å². The maximum absolute atomic E-state index is 12.6. The molecule has 174 valence electrons. The normalized spacial score (nSPS) is 18.9. The Morgan fingerprint density at radius 3 is 2.78 bits per heavy atom. The number of amides is 1. The number of ether oxygens (including phenoxy) is 1. The van der Waals surface area contributed by atoms with Crippen molar-refractivity contribution in [2.75, 3.05) is 43.9 Å². The predicted molar refractivity (Wildman–Crippen MR) is 131 cm³/mol. The van der Waals surface area contributed by atoms with Gasteiger partial charge in [-0.25, -0.2) is 0 Å². The third-order valence-electron chi connectivity index (χ3n) is 6.24. The van der Waals surface area contributed by atoms with Crippen LogP contribution in [0.5, 0.6) is 0 Å². The van der Waals surface area contributed by atoms with E-state index in [2.05, 4.69) is 25.7 Å². The van der Waals surface area contributed by atoms with Gasteiger partial charge in [-0.05, 0) is 37.5 Å². The lowest BCUT2D eigenvalue weighted by atomic mass is 9.79. The number of hydrogen-bond acceptors (Lipinski definition) is 8. The fraction of sp³-hybridized carbons (Fsp3) is 0.591. The van der Waals surface area contributed by atoms with E-state index in [-0.39, 0.29) is 11.4 Å². The number of carbonyl (C=O) groups is 1. The van der Waals surface area contributed by atoms with Gasteiger partial charge in [0.05, 0.1) is 19.0 Å². The van der Waals surface area contributed by atoms with Crippen molar-refractivity contribution in [3.8, 4) is 0 Å². The SMILES string of the molecule is Cc1ccc(Nc2nnc(SCC(=O)NCC3(N4CCOCC4)CCCCC3)s2)cc1Cl. The van der Waals surface area contributed by atoms with Crippen LogP contribution in [0.15, 0.2) is 22.5 Å². The summed E-state index contributed by atoms with van der Waals surface area (Å²) in [5.41, 5.74) is 1.98. The number of carbonyl (C=O) groups excluding carboxylic acids is 1. The molecular formula is C22H30ClN5O2S2. The van der Waals surface area contributed by atoms with Gasteiger partial charge in [0.25, 0.3) is 0 Å². The molecule has 1 aliphatic carbocycles. The fourth-order valence-electron chi connectivity index (χ4n) is 4.41. The number of hydrogen-bond donors (Lipinski definition) is 2. The average molecular weight is 496 g/mol. The van der Waals surface area contributed by atoms with Crippen molar-refractivity contribution in [3.63, 3.8) is 0 Å². The number of aromatic nitrogens is 2. The minimum atomic E-state index is 0.0447. The van der Waals surface area contributed by atoms with E-state index in [4.69, 9.17) is 16.3 Å².